The number of rotatable bonds is 22. The molecule has 0 rings (SSSR count). The monoisotopic (exact) mass is 622 g/mol. The van der Waals surface area contributed by atoms with E-state index in [1.54, 1.807) is 0 Å². The van der Waals surface area contributed by atoms with Crippen molar-refractivity contribution >= 4 is 60.1 Å². The van der Waals surface area contributed by atoms with Crippen LogP contribution in [0.2, 0.25) is 0 Å². The van der Waals surface area contributed by atoms with Gasteiger partial charge in [-0.1, -0.05) is 0 Å². The van der Waals surface area contributed by atoms with Crippen LogP contribution in [0.15, 0.2) is 0 Å². The van der Waals surface area contributed by atoms with Crippen molar-refractivity contribution < 1.29 is 58.8 Å². The van der Waals surface area contributed by atoms with Crippen LogP contribution in [0.5, 0.6) is 0 Å². The summed E-state index contributed by atoms with van der Waals surface area (Å²) in [5, 5.41) is 45.0. The Morgan fingerprint density at radius 3 is 1.57 bits per heavy atom. The molecule has 0 aliphatic rings. The van der Waals surface area contributed by atoms with Crippen LogP contribution in [0.25, 0.3) is 0 Å². The Morgan fingerprint density at radius 1 is 0.595 bits per heavy atom. The Kier molecular flexibility index (Phi) is 18.1. The van der Waals surface area contributed by atoms with E-state index in [9.17, 15) is 48.6 Å². The number of carbonyl (C=O) groups excluding carboxylic acids is 4. The average molecular weight is 623 g/mol. The van der Waals surface area contributed by atoms with E-state index in [4.69, 9.17) is 21.7 Å². The van der Waals surface area contributed by atoms with E-state index in [-0.39, 0.29) is 18.6 Å². The third-order valence-corrected chi connectivity index (χ3v) is 6.04. The second-order valence-corrected chi connectivity index (χ2v) is 9.48. The maximum Gasteiger partial charge on any atom is 0.326 e. The lowest BCUT2D eigenvalue weighted by molar-refractivity contribution is -0.143. The molecule has 0 aromatic rings. The van der Waals surface area contributed by atoms with Crippen molar-refractivity contribution in [1.29, 1.82) is 0 Å². The molecule has 0 aliphatic carbocycles. The van der Waals surface area contributed by atoms with Crippen LogP contribution in [0.3, 0.4) is 0 Å². The van der Waals surface area contributed by atoms with Crippen molar-refractivity contribution in [1.82, 2.24) is 21.3 Å². The molecule has 5 atom stereocenters. The van der Waals surface area contributed by atoms with Crippen molar-refractivity contribution in [2.75, 3.05) is 12.3 Å². The average Bonchev–Trinajstić information content (AvgIpc) is 2.90. The summed E-state index contributed by atoms with van der Waals surface area (Å²) in [6.07, 6.45) is -1.95. The van der Waals surface area contributed by atoms with Gasteiger partial charge < -0.3 is 53.2 Å². The Labute approximate surface area is 245 Å². The highest BCUT2D eigenvalue weighted by molar-refractivity contribution is 7.80. The fourth-order valence-electron chi connectivity index (χ4n) is 3.37. The molecule has 42 heavy (non-hydrogen) atoms. The first-order valence-corrected chi connectivity index (χ1v) is 13.4. The summed E-state index contributed by atoms with van der Waals surface area (Å²) in [5.74, 6) is -10.1. The van der Waals surface area contributed by atoms with Gasteiger partial charge in [0.1, 0.15) is 24.2 Å². The standard InChI is InChI=1S/C23H38N6O12S/c24-8-2-1-3-13(23(40)41)27-22(39)15(10-42)29-21(38)14(9-18(34)35)28-20(37)12(5-7-17(32)33)26-19(36)11(25)4-6-16(30)31/h11-15,42H,1-10,24-25H2,(H,26,36)(H,27,39)(H,28,37)(H,29,38)(H,30,31)(H,32,33)(H,34,35)(H,40,41)/t11-,12-,13-,14-,15-/m0/s1. The highest BCUT2D eigenvalue weighted by Gasteiger charge is 2.32. The van der Waals surface area contributed by atoms with E-state index < -0.39 is 103 Å². The fraction of sp³-hybridized carbons (Fsp3) is 0.652. The topological polar surface area (TPSA) is 318 Å². The predicted molar refractivity (Wildman–Crippen MR) is 146 cm³/mol. The first-order valence-electron chi connectivity index (χ1n) is 12.8. The Hall–Kier alpha value is -3.97. The molecular weight excluding hydrogens is 584 g/mol. The zero-order chi connectivity index (χ0) is 32.4. The van der Waals surface area contributed by atoms with Crippen LogP contribution >= 0.6 is 12.6 Å². The molecule has 0 saturated heterocycles. The second-order valence-electron chi connectivity index (χ2n) is 9.12. The minimum absolute atomic E-state index is 0.0482. The third-order valence-electron chi connectivity index (χ3n) is 5.67. The number of carboxylic acid groups (broad SMARTS) is 4. The van der Waals surface area contributed by atoms with Gasteiger partial charge in [-0.15, -0.1) is 0 Å². The van der Waals surface area contributed by atoms with Crippen LogP contribution in [-0.4, -0.2) is 110 Å². The summed E-state index contributed by atoms with van der Waals surface area (Å²) in [4.78, 5) is 95.5. The van der Waals surface area contributed by atoms with Crippen LogP contribution in [-0.2, 0) is 38.4 Å². The maximum atomic E-state index is 12.9. The smallest absolute Gasteiger partial charge is 0.326 e. The number of carboxylic acids is 4. The van der Waals surface area contributed by atoms with Gasteiger partial charge >= 0.3 is 23.9 Å². The lowest BCUT2D eigenvalue weighted by atomic mass is 10.1. The molecule has 238 valence electrons. The van der Waals surface area contributed by atoms with E-state index in [1.807, 2.05) is 0 Å². The van der Waals surface area contributed by atoms with Gasteiger partial charge in [0.15, 0.2) is 0 Å². The number of aliphatic carboxylic acids is 4. The van der Waals surface area contributed by atoms with Crippen LogP contribution < -0.4 is 32.7 Å². The first-order chi connectivity index (χ1) is 19.6. The van der Waals surface area contributed by atoms with Gasteiger partial charge in [0, 0.05) is 18.6 Å². The molecule has 0 bridgehead atoms. The number of hydrogen-bond acceptors (Lipinski definition) is 11. The molecule has 0 aromatic carbocycles. The molecule has 0 saturated carbocycles. The molecule has 12 N–H and O–H groups in total. The van der Waals surface area contributed by atoms with Gasteiger partial charge in [-0.2, -0.15) is 12.6 Å². The van der Waals surface area contributed by atoms with Gasteiger partial charge in [-0.05, 0) is 38.6 Å². The molecule has 0 aromatic heterocycles. The highest BCUT2D eigenvalue weighted by Crippen LogP contribution is 2.05. The zero-order valence-corrected chi connectivity index (χ0v) is 23.5. The fourth-order valence-corrected chi connectivity index (χ4v) is 3.63. The Morgan fingerprint density at radius 2 is 1.07 bits per heavy atom. The zero-order valence-electron chi connectivity index (χ0n) is 22.6. The summed E-state index contributed by atoms with van der Waals surface area (Å²) in [6, 6.07) is -7.56. The normalized spacial score (nSPS) is 14.3. The van der Waals surface area contributed by atoms with Gasteiger partial charge in [0.25, 0.3) is 0 Å². The Balaban J connectivity index is 5.67. The van der Waals surface area contributed by atoms with E-state index >= 15 is 0 Å². The quantitative estimate of drug-likeness (QED) is 0.0414. The number of nitrogens with two attached hydrogens (primary N) is 2. The van der Waals surface area contributed by atoms with E-state index in [0.717, 1.165) is 0 Å². The number of amides is 4. The lowest BCUT2D eigenvalue weighted by Crippen LogP contribution is -2.59. The van der Waals surface area contributed by atoms with Crippen molar-refractivity contribution in [3.63, 3.8) is 0 Å². The molecule has 0 spiro atoms. The molecule has 4 amide bonds. The number of thiol groups is 1. The second kappa shape index (κ2) is 20.0. The van der Waals surface area contributed by atoms with Gasteiger partial charge in [0.2, 0.25) is 23.6 Å². The summed E-state index contributed by atoms with van der Waals surface area (Å²) in [5.41, 5.74) is 11.0. The lowest BCUT2D eigenvalue weighted by Gasteiger charge is -2.25. The van der Waals surface area contributed by atoms with Crippen molar-refractivity contribution in [2.24, 2.45) is 11.5 Å². The maximum absolute atomic E-state index is 12.9. The highest BCUT2D eigenvalue weighted by atomic mass is 32.1. The number of nitrogens with one attached hydrogen (secondary N) is 4. The van der Waals surface area contributed by atoms with Crippen molar-refractivity contribution in [3.05, 3.63) is 0 Å². The van der Waals surface area contributed by atoms with Crippen molar-refractivity contribution in [2.45, 2.75) is 81.6 Å². The molecule has 0 fully saturated rings. The van der Waals surface area contributed by atoms with E-state index in [2.05, 4.69) is 33.9 Å². The molecule has 18 nitrogen and oxygen atoms in total. The SMILES string of the molecule is NCCCC[C@H](NC(=O)[C@H](CS)NC(=O)[C@H](CC(=O)O)NC(=O)[C@H](CCC(=O)O)NC(=O)[C@@H](N)CCC(=O)O)C(=O)O. The van der Waals surface area contributed by atoms with Gasteiger partial charge in [-0.3, -0.25) is 33.6 Å². The van der Waals surface area contributed by atoms with Crippen LogP contribution in [0.4, 0.5) is 0 Å². The molecule has 0 aliphatic heterocycles. The largest absolute Gasteiger partial charge is 0.481 e. The molecule has 19 heteroatoms. The van der Waals surface area contributed by atoms with E-state index in [1.165, 1.54) is 0 Å². The molecule has 0 heterocycles. The van der Waals surface area contributed by atoms with Gasteiger partial charge in [-0.25, -0.2) is 4.79 Å². The molecular formula is C23H38N6O12S. The minimum atomic E-state index is -1.82. The summed E-state index contributed by atoms with van der Waals surface area (Å²) < 4.78 is 0. The Bertz CT molecular complexity index is 997. The summed E-state index contributed by atoms with van der Waals surface area (Å²) in [7, 11) is 0. The van der Waals surface area contributed by atoms with Gasteiger partial charge in [0.05, 0.1) is 12.5 Å². The first kappa shape index (κ1) is 38.0. The molecule has 0 unspecified atom stereocenters. The molecule has 0 radical (unpaired) electrons. The summed E-state index contributed by atoms with van der Waals surface area (Å²) in [6.45, 7) is 0.310. The minimum Gasteiger partial charge on any atom is -0.481 e. The van der Waals surface area contributed by atoms with E-state index in [0.29, 0.717) is 19.4 Å². The number of hydrogen-bond donors (Lipinski definition) is 11. The summed E-state index contributed by atoms with van der Waals surface area (Å²) >= 11 is 3.97. The number of carbonyl (C=O) groups is 8. The number of unbranched alkanes of at least 4 members (excludes halogenated alkanes) is 1. The van der Waals surface area contributed by atoms with Crippen LogP contribution in [0.1, 0.15) is 51.4 Å². The van der Waals surface area contributed by atoms with Crippen LogP contribution in [0, 0.1) is 0 Å². The third kappa shape index (κ3) is 15.7. The van der Waals surface area contributed by atoms with Crippen molar-refractivity contribution in [3.8, 4) is 0 Å². The predicted octanol–water partition coefficient (Wildman–Crippen LogP) is -3.40.